The van der Waals surface area contributed by atoms with E-state index in [4.69, 9.17) is 5.11 Å². The van der Waals surface area contributed by atoms with Gasteiger partial charge in [-0.2, -0.15) is 0 Å². The maximum atomic E-state index is 12.8. The lowest BCUT2D eigenvalue weighted by Gasteiger charge is -2.31. The van der Waals surface area contributed by atoms with Crippen molar-refractivity contribution >= 4 is 23.3 Å². The van der Waals surface area contributed by atoms with Crippen LogP contribution in [0.3, 0.4) is 0 Å². The molecule has 5 nitrogen and oxygen atoms in total. The van der Waals surface area contributed by atoms with Crippen LogP contribution in [-0.4, -0.2) is 35.1 Å². The first-order valence-corrected chi connectivity index (χ1v) is 8.39. The Bertz CT molecular complexity index is 557. The van der Waals surface area contributed by atoms with Gasteiger partial charge in [-0.15, -0.1) is 11.3 Å². The van der Waals surface area contributed by atoms with Crippen LogP contribution in [0, 0.1) is 0 Å². The summed E-state index contributed by atoms with van der Waals surface area (Å²) in [6.45, 7) is 0.591. The number of nitrogens with one attached hydrogen (secondary N) is 1. The van der Waals surface area contributed by atoms with Crippen LogP contribution in [0.1, 0.15) is 42.5 Å². The standard InChI is InChI=1S/C15H20N2O3S/c18-9-3-1-2-8-17-13(19)15(16-14(17)20)7-4-5-12-11(15)6-10-21-12/h6,10,18H,1-5,7-9H2,(H,16,20). The predicted octanol–water partition coefficient (Wildman–Crippen LogP) is 1.99. The molecule has 1 unspecified atom stereocenters. The molecule has 1 atom stereocenters. The number of unbranched alkanes of at least 4 members (excludes halogenated alkanes) is 2. The van der Waals surface area contributed by atoms with E-state index < -0.39 is 5.54 Å². The van der Waals surface area contributed by atoms with Gasteiger partial charge < -0.3 is 10.4 Å². The molecule has 1 aromatic rings. The van der Waals surface area contributed by atoms with Crippen LogP contribution in [0.25, 0.3) is 0 Å². The van der Waals surface area contributed by atoms with Gasteiger partial charge >= 0.3 is 6.03 Å². The minimum atomic E-state index is -0.818. The normalized spacial score (nSPS) is 24.5. The molecule has 114 valence electrons. The molecule has 21 heavy (non-hydrogen) atoms. The van der Waals surface area contributed by atoms with Gasteiger partial charge in [-0.25, -0.2) is 4.79 Å². The van der Waals surface area contributed by atoms with E-state index in [2.05, 4.69) is 5.32 Å². The summed E-state index contributed by atoms with van der Waals surface area (Å²) in [5.41, 5.74) is 0.178. The molecular formula is C15H20N2O3S. The number of aliphatic hydroxyl groups excluding tert-OH is 1. The SMILES string of the molecule is O=C1NC2(CCCc3sccc32)C(=O)N1CCCCCO. The summed E-state index contributed by atoms with van der Waals surface area (Å²) < 4.78 is 0. The second kappa shape index (κ2) is 5.77. The third-order valence-corrected chi connectivity index (χ3v) is 5.36. The van der Waals surface area contributed by atoms with Crippen LogP contribution in [0.5, 0.6) is 0 Å². The van der Waals surface area contributed by atoms with Crippen molar-refractivity contribution < 1.29 is 14.7 Å². The quantitative estimate of drug-likeness (QED) is 0.645. The van der Waals surface area contributed by atoms with E-state index in [9.17, 15) is 9.59 Å². The summed E-state index contributed by atoms with van der Waals surface area (Å²) in [6, 6.07) is 1.70. The van der Waals surface area contributed by atoms with E-state index in [-0.39, 0.29) is 18.5 Å². The number of urea groups is 1. The molecule has 2 aliphatic rings. The van der Waals surface area contributed by atoms with Crippen molar-refractivity contribution in [2.24, 2.45) is 0 Å². The number of carbonyl (C=O) groups is 2. The third kappa shape index (κ3) is 2.36. The number of aryl methyl sites for hydroxylation is 1. The van der Waals surface area contributed by atoms with Gasteiger partial charge in [0.25, 0.3) is 5.91 Å². The monoisotopic (exact) mass is 308 g/mol. The second-order valence-electron chi connectivity index (χ2n) is 5.69. The lowest BCUT2D eigenvalue weighted by molar-refractivity contribution is -0.132. The molecule has 1 fully saturated rings. The average molecular weight is 308 g/mol. The minimum absolute atomic E-state index is 0.101. The van der Waals surface area contributed by atoms with Gasteiger partial charge in [-0.1, -0.05) is 0 Å². The van der Waals surface area contributed by atoms with Gasteiger partial charge in [-0.05, 0) is 50.0 Å². The number of thiophene rings is 1. The third-order valence-electron chi connectivity index (χ3n) is 4.38. The highest BCUT2D eigenvalue weighted by Crippen LogP contribution is 2.42. The number of hydrogen-bond acceptors (Lipinski definition) is 4. The van der Waals surface area contributed by atoms with Gasteiger partial charge in [0.15, 0.2) is 0 Å². The number of fused-ring (bicyclic) bond motifs is 2. The fourth-order valence-corrected chi connectivity index (χ4v) is 4.30. The second-order valence-corrected chi connectivity index (χ2v) is 6.69. The van der Waals surface area contributed by atoms with Crippen LogP contribution < -0.4 is 5.32 Å². The molecule has 1 aromatic heterocycles. The molecule has 0 radical (unpaired) electrons. The summed E-state index contributed by atoms with van der Waals surface area (Å²) in [6.07, 6.45) is 4.89. The maximum Gasteiger partial charge on any atom is 0.325 e. The summed E-state index contributed by atoms with van der Waals surface area (Å²) in [5, 5.41) is 13.7. The lowest BCUT2D eigenvalue weighted by atomic mass is 9.80. The Morgan fingerprint density at radius 3 is 3.00 bits per heavy atom. The van der Waals surface area contributed by atoms with Gasteiger partial charge in [0, 0.05) is 23.6 Å². The Morgan fingerprint density at radius 1 is 1.33 bits per heavy atom. The molecule has 1 saturated heterocycles. The number of hydrogen-bond donors (Lipinski definition) is 2. The number of nitrogens with zero attached hydrogens (tertiary/aromatic N) is 1. The Hall–Kier alpha value is -1.40. The average Bonchev–Trinajstić information content (AvgIpc) is 3.03. The lowest BCUT2D eigenvalue weighted by Crippen LogP contribution is -2.46. The minimum Gasteiger partial charge on any atom is -0.396 e. The molecule has 1 aliphatic carbocycles. The smallest absolute Gasteiger partial charge is 0.325 e. The van der Waals surface area contributed by atoms with E-state index in [0.29, 0.717) is 19.4 Å². The largest absolute Gasteiger partial charge is 0.396 e. The molecule has 3 amide bonds. The fraction of sp³-hybridized carbons (Fsp3) is 0.600. The van der Waals surface area contributed by atoms with Crippen LogP contribution in [0.15, 0.2) is 11.4 Å². The van der Waals surface area contributed by atoms with Crippen molar-refractivity contribution in [3.63, 3.8) is 0 Å². The molecule has 6 heteroatoms. The molecule has 1 spiro atoms. The highest BCUT2D eigenvalue weighted by molar-refractivity contribution is 7.10. The molecule has 0 saturated carbocycles. The molecular weight excluding hydrogens is 288 g/mol. The molecule has 0 bridgehead atoms. The van der Waals surface area contributed by atoms with E-state index in [0.717, 1.165) is 31.2 Å². The van der Waals surface area contributed by atoms with Gasteiger partial charge in [0.1, 0.15) is 5.54 Å². The summed E-state index contributed by atoms with van der Waals surface area (Å²) >= 11 is 1.67. The highest BCUT2D eigenvalue weighted by Gasteiger charge is 2.53. The first-order chi connectivity index (χ1) is 10.2. The van der Waals surface area contributed by atoms with E-state index in [1.54, 1.807) is 11.3 Å². The number of amides is 3. The zero-order chi connectivity index (χ0) is 14.9. The zero-order valence-electron chi connectivity index (χ0n) is 11.9. The zero-order valence-corrected chi connectivity index (χ0v) is 12.7. The first kappa shape index (κ1) is 14.5. The van der Waals surface area contributed by atoms with E-state index in [1.165, 1.54) is 9.78 Å². The van der Waals surface area contributed by atoms with Crippen molar-refractivity contribution in [3.05, 3.63) is 21.9 Å². The van der Waals surface area contributed by atoms with Crippen molar-refractivity contribution in [2.75, 3.05) is 13.2 Å². The van der Waals surface area contributed by atoms with Crippen molar-refractivity contribution in [1.82, 2.24) is 10.2 Å². The Labute approximate surface area is 128 Å². The summed E-state index contributed by atoms with van der Waals surface area (Å²) in [7, 11) is 0. The van der Waals surface area contributed by atoms with Crippen molar-refractivity contribution in [1.29, 1.82) is 0 Å². The highest BCUT2D eigenvalue weighted by atomic mass is 32.1. The number of imide groups is 1. The van der Waals surface area contributed by atoms with Crippen molar-refractivity contribution in [3.8, 4) is 0 Å². The van der Waals surface area contributed by atoms with Gasteiger partial charge in [-0.3, -0.25) is 9.69 Å². The summed E-state index contributed by atoms with van der Waals surface area (Å²) in [5.74, 6) is -0.101. The van der Waals surface area contributed by atoms with Crippen LogP contribution >= 0.6 is 11.3 Å². The fourth-order valence-electron chi connectivity index (χ4n) is 3.30. The molecule has 0 aromatic carbocycles. The number of rotatable bonds is 5. The molecule has 3 rings (SSSR count). The summed E-state index contributed by atoms with van der Waals surface area (Å²) in [4.78, 5) is 27.6. The topological polar surface area (TPSA) is 69.6 Å². The van der Waals surface area contributed by atoms with Crippen molar-refractivity contribution in [2.45, 2.75) is 44.1 Å². The van der Waals surface area contributed by atoms with Gasteiger partial charge in [0.2, 0.25) is 0 Å². The molecule has 2 N–H and O–H groups in total. The van der Waals surface area contributed by atoms with Crippen LogP contribution in [0.4, 0.5) is 4.79 Å². The Morgan fingerprint density at radius 2 is 2.19 bits per heavy atom. The molecule has 2 heterocycles. The number of carbonyl (C=O) groups excluding carboxylic acids is 2. The van der Waals surface area contributed by atoms with Gasteiger partial charge in [0.05, 0.1) is 0 Å². The Kier molecular flexibility index (Phi) is 3.99. The van der Waals surface area contributed by atoms with Crippen LogP contribution in [-0.2, 0) is 16.8 Å². The maximum absolute atomic E-state index is 12.8. The Balaban J connectivity index is 1.78. The molecule has 1 aliphatic heterocycles. The first-order valence-electron chi connectivity index (χ1n) is 7.51. The van der Waals surface area contributed by atoms with E-state index in [1.807, 2.05) is 11.4 Å². The number of aliphatic hydroxyl groups is 1. The van der Waals surface area contributed by atoms with E-state index >= 15 is 0 Å². The predicted molar refractivity (Wildman–Crippen MR) is 80.1 cm³/mol. The van der Waals surface area contributed by atoms with Crippen LogP contribution in [0.2, 0.25) is 0 Å².